The average molecular weight is 256 g/mol. The van der Waals surface area contributed by atoms with E-state index < -0.39 is 0 Å². The van der Waals surface area contributed by atoms with Crippen LogP contribution in [0, 0.1) is 0 Å². The normalized spacial score (nSPS) is 10.2. The molecule has 0 saturated carbocycles. The van der Waals surface area contributed by atoms with Crippen LogP contribution >= 0.6 is 11.8 Å². The van der Waals surface area contributed by atoms with E-state index in [0.717, 1.165) is 25.1 Å². The number of rotatable bonds is 8. The lowest BCUT2D eigenvalue weighted by Crippen LogP contribution is -2.09. The Kier molecular flexibility index (Phi) is 6.54. The van der Waals surface area contributed by atoms with E-state index in [0.29, 0.717) is 24.0 Å². The summed E-state index contributed by atoms with van der Waals surface area (Å²) in [6.07, 6.45) is 5.57. The average Bonchev–Trinajstić information content (AvgIpc) is 2.35. The number of thioether (sulfide) groups is 1. The number of nitrogens with two attached hydrogens (primary N) is 1. The molecule has 0 aliphatic heterocycles. The third kappa shape index (κ3) is 4.68. The van der Waals surface area contributed by atoms with Gasteiger partial charge in [-0.25, -0.2) is 4.98 Å². The first-order chi connectivity index (χ1) is 8.29. The third-order valence-corrected chi connectivity index (χ3v) is 2.80. The summed E-state index contributed by atoms with van der Waals surface area (Å²) >= 11 is 1.83. The van der Waals surface area contributed by atoms with Gasteiger partial charge in [0.05, 0.1) is 6.61 Å². The number of nitrogen functional groups attached to an aromatic ring is 1. The molecule has 0 aliphatic carbocycles. The quantitative estimate of drug-likeness (QED) is 0.693. The Bertz CT molecular complexity index is 335. The molecule has 0 atom stereocenters. The zero-order valence-electron chi connectivity index (χ0n) is 10.4. The van der Waals surface area contributed by atoms with Crippen molar-refractivity contribution in [2.75, 3.05) is 36.2 Å². The fourth-order valence-electron chi connectivity index (χ4n) is 1.26. The van der Waals surface area contributed by atoms with Crippen LogP contribution in [0.5, 0.6) is 5.88 Å². The number of nitrogens with one attached hydrogen (secondary N) is 1. The summed E-state index contributed by atoms with van der Waals surface area (Å²) in [6.45, 7) is 3.52. The highest BCUT2D eigenvalue weighted by molar-refractivity contribution is 7.98. The predicted octanol–water partition coefficient (Wildman–Crippen LogP) is 2.01. The van der Waals surface area contributed by atoms with Gasteiger partial charge >= 0.3 is 0 Å². The summed E-state index contributed by atoms with van der Waals surface area (Å²) in [5.41, 5.74) is 6.41. The van der Waals surface area contributed by atoms with Crippen LogP contribution in [0.4, 0.5) is 11.5 Å². The van der Waals surface area contributed by atoms with E-state index in [9.17, 15) is 0 Å². The van der Waals surface area contributed by atoms with Crippen LogP contribution in [0.25, 0.3) is 0 Å². The molecule has 0 saturated heterocycles. The van der Waals surface area contributed by atoms with Crippen LogP contribution in [0.15, 0.2) is 6.33 Å². The molecule has 1 rings (SSSR count). The second kappa shape index (κ2) is 8.00. The molecule has 1 heterocycles. The molecule has 0 aliphatic rings. The van der Waals surface area contributed by atoms with Gasteiger partial charge in [0.2, 0.25) is 5.88 Å². The largest absolute Gasteiger partial charge is 0.476 e. The van der Waals surface area contributed by atoms with Gasteiger partial charge in [-0.1, -0.05) is 6.92 Å². The van der Waals surface area contributed by atoms with Crippen LogP contribution in [0.2, 0.25) is 0 Å². The Morgan fingerprint density at radius 3 is 3.00 bits per heavy atom. The summed E-state index contributed by atoms with van der Waals surface area (Å²) in [5, 5.41) is 3.20. The Morgan fingerprint density at radius 2 is 2.29 bits per heavy atom. The van der Waals surface area contributed by atoms with Crippen molar-refractivity contribution in [2.24, 2.45) is 0 Å². The number of hydrogen-bond acceptors (Lipinski definition) is 6. The van der Waals surface area contributed by atoms with Crippen LogP contribution in [0.3, 0.4) is 0 Å². The number of hydrogen-bond donors (Lipinski definition) is 2. The molecule has 0 radical (unpaired) electrons. The zero-order chi connectivity index (χ0) is 12.5. The van der Waals surface area contributed by atoms with Gasteiger partial charge in [0.15, 0.2) is 5.82 Å². The highest BCUT2D eigenvalue weighted by Gasteiger charge is 2.08. The molecule has 17 heavy (non-hydrogen) atoms. The lowest BCUT2D eigenvalue weighted by atomic mass is 10.4. The first kappa shape index (κ1) is 13.9. The van der Waals surface area contributed by atoms with Crippen molar-refractivity contribution in [3.8, 4) is 5.88 Å². The zero-order valence-corrected chi connectivity index (χ0v) is 11.2. The second-order valence-corrected chi connectivity index (χ2v) is 4.55. The maximum Gasteiger partial charge on any atom is 0.242 e. The Hall–Kier alpha value is -1.17. The van der Waals surface area contributed by atoms with Gasteiger partial charge in [-0.3, -0.25) is 0 Å². The van der Waals surface area contributed by atoms with Gasteiger partial charge < -0.3 is 15.8 Å². The van der Waals surface area contributed by atoms with Crippen LogP contribution < -0.4 is 15.8 Å². The first-order valence-electron chi connectivity index (χ1n) is 5.75. The minimum atomic E-state index is 0.467. The van der Waals surface area contributed by atoms with Gasteiger partial charge in [0.1, 0.15) is 12.0 Å². The minimum Gasteiger partial charge on any atom is -0.476 e. The molecule has 0 fully saturated rings. The van der Waals surface area contributed by atoms with Gasteiger partial charge in [0.25, 0.3) is 0 Å². The van der Waals surface area contributed by atoms with Crippen molar-refractivity contribution < 1.29 is 4.74 Å². The molecule has 1 aromatic rings. The Morgan fingerprint density at radius 1 is 1.47 bits per heavy atom. The van der Waals surface area contributed by atoms with E-state index in [1.165, 1.54) is 6.33 Å². The highest BCUT2D eigenvalue weighted by atomic mass is 32.2. The van der Waals surface area contributed by atoms with Gasteiger partial charge in [-0.15, -0.1) is 0 Å². The van der Waals surface area contributed by atoms with E-state index >= 15 is 0 Å². The molecule has 96 valence electrons. The van der Waals surface area contributed by atoms with Crippen molar-refractivity contribution in [1.82, 2.24) is 9.97 Å². The van der Waals surface area contributed by atoms with Crippen LogP contribution in [-0.4, -0.2) is 35.1 Å². The summed E-state index contributed by atoms with van der Waals surface area (Å²) < 4.78 is 5.43. The van der Waals surface area contributed by atoms with Crippen molar-refractivity contribution in [3.63, 3.8) is 0 Å². The van der Waals surface area contributed by atoms with E-state index in [4.69, 9.17) is 10.5 Å². The summed E-state index contributed by atoms with van der Waals surface area (Å²) in [4.78, 5) is 8.13. The number of anilines is 2. The number of aromatic nitrogens is 2. The maximum atomic E-state index is 5.92. The molecular weight excluding hydrogens is 236 g/mol. The van der Waals surface area contributed by atoms with Gasteiger partial charge in [-0.2, -0.15) is 16.7 Å². The second-order valence-electron chi connectivity index (χ2n) is 3.56. The van der Waals surface area contributed by atoms with E-state index in [1.54, 1.807) is 0 Å². The maximum absolute atomic E-state index is 5.92. The Labute approximate surface area is 107 Å². The fraction of sp³-hybridized carbons (Fsp3) is 0.636. The smallest absolute Gasteiger partial charge is 0.242 e. The summed E-state index contributed by atoms with van der Waals surface area (Å²) in [7, 11) is 0. The van der Waals surface area contributed by atoms with Crippen molar-refractivity contribution in [1.29, 1.82) is 0 Å². The molecule has 0 bridgehead atoms. The lowest BCUT2D eigenvalue weighted by Gasteiger charge is -2.11. The molecule has 3 N–H and O–H groups in total. The fourth-order valence-corrected chi connectivity index (χ4v) is 1.69. The SMILES string of the molecule is CCCOc1ncnc(NCCCSC)c1N. The molecule has 5 nitrogen and oxygen atoms in total. The third-order valence-electron chi connectivity index (χ3n) is 2.11. The van der Waals surface area contributed by atoms with Crippen LogP contribution in [0.1, 0.15) is 19.8 Å². The molecule has 0 aromatic carbocycles. The van der Waals surface area contributed by atoms with Crippen molar-refractivity contribution >= 4 is 23.3 Å². The Balaban J connectivity index is 2.53. The van der Waals surface area contributed by atoms with E-state index in [1.807, 2.05) is 18.7 Å². The molecular formula is C11H20N4OS. The van der Waals surface area contributed by atoms with E-state index in [2.05, 4.69) is 21.5 Å². The van der Waals surface area contributed by atoms with Crippen molar-refractivity contribution in [3.05, 3.63) is 6.33 Å². The number of ether oxygens (including phenoxy) is 1. The van der Waals surface area contributed by atoms with E-state index in [-0.39, 0.29) is 0 Å². The lowest BCUT2D eigenvalue weighted by molar-refractivity contribution is 0.306. The minimum absolute atomic E-state index is 0.467. The summed E-state index contributed by atoms with van der Waals surface area (Å²) in [6, 6.07) is 0. The predicted molar refractivity (Wildman–Crippen MR) is 73.7 cm³/mol. The first-order valence-corrected chi connectivity index (χ1v) is 7.15. The molecule has 0 amide bonds. The number of nitrogens with zero attached hydrogens (tertiary/aromatic N) is 2. The molecule has 6 heteroatoms. The van der Waals surface area contributed by atoms with Gasteiger partial charge in [0, 0.05) is 6.54 Å². The van der Waals surface area contributed by atoms with Crippen molar-refractivity contribution in [2.45, 2.75) is 19.8 Å². The summed E-state index contributed by atoms with van der Waals surface area (Å²) in [5.74, 6) is 2.25. The van der Waals surface area contributed by atoms with Crippen LogP contribution in [-0.2, 0) is 0 Å². The topological polar surface area (TPSA) is 73.1 Å². The van der Waals surface area contributed by atoms with Gasteiger partial charge in [-0.05, 0) is 24.9 Å². The monoisotopic (exact) mass is 256 g/mol. The molecule has 0 spiro atoms. The molecule has 1 aromatic heterocycles. The highest BCUT2D eigenvalue weighted by Crippen LogP contribution is 2.24. The standard InChI is InChI=1S/C11H20N4OS/c1-3-6-16-11-9(12)10(14-8-15-11)13-5-4-7-17-2/h8H,3-7,12H2,1-2H3,(H,13,14,15). The molecule has 0 unspecified atom stereocenters.